The van der Waals surface area contributed by atoms with Crippen molar-refractivity contribution in [2.24, 2.45) is 0 Å². The Labute approximate surface area is 136 Å². The SMILES string of the molecule is C=C1C=CC(c2ccc(NC=O)cc2)=CN1c1cccc(C)c1. The van der Waals surface area contributed by atoms with E-state index in [4.69, 9.17) is 0 Å². The van der Waals surface area contributed by atoms with Gasteiger partial charge in [-0.1, -0.05) is 36.9 Å². The van der Waals surface area contributed by atoms with Gasteiger partial charge in [0.25, 0.3) is 0 Å². The number of rotatable bonds is 4. The van der Waals surface area contributed by atoms with Crippen molar-refractivity contribution in [3.05, 3.63) is 90.3 Å². The van der Waals surface area contributed by atoms with Gasteiger partial charge in [-0.05, 0) is 54.0 Å². The van der Waals surface area contributed by atoms with E-state index in [0.717, 1.165) is 28.2 Å². The lowest BCUT2D eigenvalue weighted by atomic mass is 10.0. The standard InChI is InChI=1S/C20H18N2O/c1-15-4-3-5-20(12-15)22-13-18(7-6-16(22)2)17-8-10-19(11-9-17)21-14-23/h3-14H,2H2,1H3,(H,21,23). The average molecular weight is 302 g/mol. The van der Waals surface area contributed by atoms with E-state index in [1.165, 1.54) is 5.56 Å². The predicted molar refractivity (Wildman–Crippen MR) is 96.0 cm³/mol. The number of amides is 1. The maximum absolute atomic E-state index is 10.5. The number of aryl methyl sites for hydroxylation is 1. The van der Waals surface area contributed by atoms with Crippen LogP contribution in [-0.4, -0.2) is 6.41 Å². The highest BCUT2D eigenvalue weighted by Gasteiger charge is 2.12. The molecule has 1 amide bonds. The molecule has 3 rings (SSSR count). The van der Waals surface area contributed by atoms with E-state index in [9.17, 15) is 4.79 Å². The molecule has 0 atom stereocenters. The number of nitrogens with zero attached hydrogens (tertiary/aromatic N) is 1. The zero-order chi connectivity index (χ0) is 16.2. The molecule has 0 spiro atoms. The molecule has 1 N–H and O–H groups in total. The van der Waals surface area contributed by atoms with Crippen LogP contribution < -0.4 is 10.2 Å². The van der Waals surface area contributed by atoms with Gasteiger partial charge in [0.05, 0.1) is 0 Å². The molecule has 23 heavy (non-hydrogen) atoms. The molecule has 0 unspecified atom stereocenters. The zero-order valence-corrected chi connectivity index (χ0v) is 13.0. The van der Waals surface area contributed by atoms with E-state index in [1.54, 1.807) is 0 Å². The summed E-state index contributed by atoms with van der Waals surface area (Å²) >= 11 is 0. The van der Waals surface area contributed by atoms with Gasteiger partial charge < -0.3 is 10.2 Å². The van der Waals surface area contributed by atoms with E-state index in [1.807, 2.05) is 36.4 Å². The Morgan fingerprint density at radius 1 is 1.09 bits per heavy atom. The van der Waals surface area contributed by atoms with Crippen molar-refractivity contribution >= 4 is 23.4 Å². The topological polar surface area (TPSA) is 32.3 Å². The fourth-order valence-corrected chi connectivity index (χ4v) is 2.55. The Morgan fingerprint density at radius 2 is 1.87 bits per heavy atom. The summed E-state index contributed by atoms with van der Waals surface area (Å²) in [5.41, 5.74) is 6.20. The molecule has 0 radical (unpaired) electrons. The first kappa shape index (κ1) is 14.9. The van der Waals surface area contributed by atoms with Gasteiger partial charge in [-0.25, -0.2) is 0 Å². The Morgan fingerprint density at radius 3 is 2.57 bits per heavy atom. The van der Waals surface area contributed by atoms with Crippen LogP contribution >= 0.6 is 0 Å². The molecule has 3 heteroatoms. The molecule has 1 aliphatic rings. The maximum atomic E-state index is 10.5. The molecule has 0 aliphatic carbocycles. The minimum atomic E-state index is 0.679. The molecule has 1 heterocycles. The summed E-state index contributed by atoms with van der Waals surface area (Å²) in [7, 11) is 0. The van der Waals surface area contributed by atoms with Crippen LogP contribution in [0.3, 0.4) is 0 Å². The number of benzene rings is 2. The van der Waals surface area contributed by atoms with Gasteiger partial charge in [-0.15, -0.1) is 0 Å². The normalized spacial score (nSPS) is 13.7. The van der Waals surface area contributed by atoms with Crippen LogP contribution in [0.5, 0.6) is 0 Å². The molecule has 0 aromatic heterocycles. The Balaban J connectivity index is 1.93. The van der Waals surface area contributed by atoms with Crippen LogP contribution in [0.4, 0.5) is 11.4 Å². The maximum Gasteiger partial charge on any atom is 0.211 e. The number of carbonyl (C=O) groups excluding carboxylic acids is 1. The molecule has 114 valence electrons. The number of hydrogen-bond donors (Lipinski definition) is 1. The molecular weight excluding hydrogens is 284 g/mol. The number of hydrogen-bond acceptors (Lipinski definition) is 2. The number of carbonyl (C=O) groups is 1. The Kier molecular flexibility index (Phi) is 4.11. The van der Waals surface area contributed by atoms with Gasteiger partial charge in [-0.3, -0.25) is 4.79 Å². The van der Waals surface area contributed by atoms with Crippen LogP contribution in [0.25, 0.3) is 5.57 Å². The highest BCUT2D eigenvalue weighted by molar-refractivity contribution is 5.82. The average Bonchev–Trinajstić information content (AvgIpc) is 2.56. The molecule has 2 aromatic rings. The van der Waals surface area contributed by atoms with Crippen molar-refractivity contribution in [3.8, 4) is 0 Å². The highest BCUT2D eigenvalue weighted by atomic mass is 16.1. The number of allylic oxidation sites excluding steroid dienone is 3. The van der Waals surface area contributed by atoms with E-state index >= 15 is 0 Å². The molecule has 0 fully saturated rings. The van der Waals surface area contributed by atoms with Crippen molar-refractivity contribution in [1.82, 2.24) is 0 Å². The van der Waals surface area contributed by atoms with E-state index in [2.05, 4.69) is 54.2 Å². The van der Waals surface area contributed by atoms with Crippen LogP contribution in [0, 0.1) is 6.92 Å². The minimum absolute atomic E-state index is 0.679. The number of nitrogens with one attached hydrogen (secondary N) is 1. The monoisotopic (exact) mass is 302 g/mol. The van der Waals surface area contributed by atoms with Crippen LogP contribution in [-0.2, 0) is 4.79 Å². The Bertz CT molecular complexity index is 801. The fourth-order valence-electron chi connectivity index (χ4n) is 2.55. The molecule has 0 saturated heterocycles. The summed E-state index contributed by atoms with van der Waals surface area (Å²) in [6.45, 7) is 6.19. The highest BCUT2D eigenvalue weighted by Crippen LogP contribution is 2.29. The molecular formula is C20H18N2O. The minimum Gasteiger partial charge on any atom is -0.329 e. The quantitative estimate of drug-likeness (QED) is 0.844. The van der Waals surface area contributed by atoms with Gasteiger partial charge in [0.15, 0.2) is 0 Å². The third-order valence-electron chi connectivity index (χ3n) is 3.76. The second kappa shape index (κ2) is 6.36. The predicted octanol–water partition coefficient (Wildman–Crippen LogP) is 4.49. The number of anilines is 2. The molecule has 1 aliphatic heterocycles. The second-order valence-electron chi connectivity index (χ2n) is 5.46. The van der Waals surface area contributed by atoms with Crippen LogP contribution in [0.1, 0.15) is 11.1 Å². The molecule has 0 bridgehead atoms. The van der Waals surface area contributed by atoms with Gasteiger partial charge >= 0.3 is 0 Å². The van der Waals surface area contributed by atoms with Crippen LogP contribution in [0.15, 0.2) is 79.2 Å². The van der Waals surface area contributed by atoms with Gasteiger partial charge in [0.2, 0.25) is 6.41 Å². The van der Waals surface area contributed by atoms with Crippen molar-refractivity contribution in [3.63, 3.8) is 0 Å². The molecule has 0 saturated carbocycles. The van der Waals surface area contributed by atoms with Gasteiger partial charge in [0.1, 0.15) is 0 Å². The van der Waals surface area contributed by atoms with E-state index in [0.29, 0.717) is 6.41 Å². The van der Waals surface area contributed by atoms with Gasteiger partial charge in [0, 0.05) is 23.3 Å². The van der Waals surface area contributed by atoms with E-state index < -0.39 is 0 Å². The lowest BCUT2D eigenvalue weighted by Crippen LogP contribution is -2.16. The lowest BCUT2D eigenvalue weighted by Gasteiger charge is -2.26. The van der Waals surface area contributed by atoms with Crippen molar-refractivity contribution in [2.45, 2.75) is 6.92 Å². The first-order chi connectivity index (χ1) is 11.2. The third kappa shape index (κ3) is 3.24. The summed E-state index contributed by atoms with van der Waals surface area (Å²) in [5.74, 6) is 0. The first-order valence-corrected chi connectivity index (χ1v) is 7.43. The molecule has 2 aromatic carbocycles. The summed E-state index contributed by atoms with van der Waals surface area (Å²) in [4.78, 5) is 12.6. The van der Waals surface area contributed by atoms with Crippen molar-refractivity contribution in [1.29, 1.82) is 0 Å². The summed E-state index contributed by atoms with van der Waals surface area (Å²) in [5, 5.41) is 2.64. The van der Waals surface area contributed by atoms with Crippen molar-refractivity contribution in [2.75, 3.05) is 10.2 Å². The first-order valence-electron chi connectivity index (χ1n) is 7.43. The van der Waals surface area contributed by atoms with Crippen molar-refractivity contribution < 1.29 is 4.79 Å². The summed E-state index contributed by atoms with van der Waals surface area (Å²) in [6, 6.07) is 16.1. The molecule has 3 nitrogen and oxygen atoms in total. The fraction of sp³-hybridized carbons (Fsp3) is 0.0500. The Hall–Kier alpha value is -3.07. The smallest absolute Gasteiger partial charge is 0.211 e. The third-order valence-corrected chi connectivity index (χ3v) is 3.76. The summed E-state index contributed by atoms with van der Waals surface area (Å²) in [6.07, 6.45) is 6.82. The van der Waals surface area contributed by atoms with E-state index in [-0.39, 0.29) is 0 Å². The largest absolute Gasteiger partial charge is 0.329 e. The zero-order valence-electron chi connectivity index (χ0n) is 13.0. The second-order valence-corrected chi connectivity index (χ2v) is 5.46. The summed E-state index contributed by atoms with van der Waals surface area (Å²) < 4.78 is 0. The van der Waals surface area contributed by atoms with Gasteiger partial charge in [-0.2, -0.15) is 0 Å². The lowest BCUT2D eigenvalue weighted by molar-refractivity contribution is -0.105. The van der Waals surface area contributed by atoms with Crippen LogP contribution in [0.2, 0.25) is 0 Å².